The molecule has 0 spiro atoms. The SMILES string of the molecule is Cc1cccc(C(C)C)c1NC(=O)COc1ccccc1C#N. The number of carbonyl (C=O) groups excluding carboxylic acids is 1. The topological polar surface area (TPSA) is 62.1 Å². The lowest BCUT2D eigenvalue weighted by Gasteiger charge is -2.16. The first-order valence-corrected chi connectivity index (χ1v) is 7.54. The van der Waals surface area contributed by atoms with E-state index in [2.05, 4.69) is 19.2 Å². The van der Waals surface area contributed by atoms with Gasteiger partial charge in [0.2, 0.25) is 0 Å². The molecule has 0 radical (unpaired) electrons. The molecule has 0 fully saturated rings. The van der Waals surface area contributed by atoms with Crippen molar-refractivity contribution < 1.29 is 9.53 Å². The van der Waals surface area contributed by atoms with Crippen LogP contribution in [-0.2, 0) is 4.79 Å². The summed E-state index contributed by atoms with van der Waals surface area (Å²) in [6.45, 7) is 6.01. The molecule has 0 unspecified atom stereocenters. The second kappa shape index (κ2) is 7.46. The number of carbonyl (C=O) groups is 1. The number of nitrogens with zero attached hydrogens (tertiary/aromatic N) is 1. The van der Waals surface area contributed by atoms with Gasteiger partial charge in [0.05, 0.1) is 5.56 Å². The van der Waals surface area contributed by atoms with Crippen molar-refractivity contribution >= 4 is 11.6 Å². The number of hydrogen-bond donors (Lipinski definition) is 1. The highest BCUT2D eigenvalue weighted by Crippen LogP contribution is 2.27. The monoisotopic (exact) mass is 308 g/mol. The van der Waals surface area contributed by atoms with Gasteiger partial charge in [-0.2, -0.15) is 5.26 Å². The van der Waals surface area contributed by atoms with Crippen molar-refractivity contribution in [2.75, 3.05) is 11.9 Å². The zero-order valence-corrected chi connectivity index (χ0v) is 13.6. The second-order valence-electron chi connectivity index (χ2n) is 5.64. The van der Waals surface area contributed by atoms with Gasteiger partial charge in [-0.1, -0.05) is 44.2 Å². The summed E-state index contributed by atoms with van der Waals surface area (Å²) in [4.78, 5) is 12.2. The Morgan fingerprint density at radius 2 is 1.96 bits per heavy atom. The molecule has 0 aromatic heterocycles. The number of nitriles is 1. The summed E-state index contributed by atoms with van der Waals surface area (Å²) in [6, 6.07) is 14.9. The van der Waals surface area contributed by atoms with Gasteiger partial charge in [-0.05, 0) is 36.1 Å². The second-order valence-corrected chi connectivity index (χ2v) is 5.64. The summed E-state index contributed by atoms with van der Waals surface area (Å²) in [6.07, 6.45) is 0. The van der Waals surface area contributed by atoms with E-state index in [-0.39, 0.29) is 12.5 Å². The fourth-order valence-electron chi connectivity index (χ4n) is 2.35. The fraction of sp³-hybridized carbons (Fsp3) is 0.263. The van der Waals surface area contributed by atoms with Gasteiger partial charge >= 0.3 is 0 Å². The maximum absolute atomic E-state index is 12.2. The van der Waals surface area contributed by atoms with Crippen molar-refractivity contribution in [1.82, 2.24) is 0 Å². The zero-order chi connectivity index (χ0) is 16.8. The van der Waals surface area contributed by atoms with Gasteiger partial charge in [-0.25, -0.2) is 0 Å². The molecule has 1 amide bonds. The highest BCUT2D eigenvalue weighted by Gasteiger charge is 2.13. The molecule has 118 valence electrons. The molecule has 23 heavy (non-hydrogen) atoms. The van der Waals surface area contributed by atoms with Gasteiger partial charge in [0.1, 0.15) is 11.8 Å². The quantitative estimate of drug-likeness (QED) is 0.908. The summed E-state index contributed by atoms with van der Waals surface area (Å²) >= 11 is 0. The Hall–Kier alpha value is -2.80. The number of hydrogen-bond acceptors (Lipinski definition) is 3. The number of aryl methyl sites for hydroxylation is 1. The molecule has 4 nitrogen and oxygen atoms in total. The van der Waals surface area contributed by atoms with E-state index < -0.39 is 0 Å². The van der Waals surface area contributed by atoms with Crippen LogP contribution in [-0.4, -0.2) is 12.5 Å². The third-order valence-electron chi connectivity index (χ3n) is 3.56. The van der Waals surface area contributed by atoms with Crippen molar-refractivity contribution in [3.8, 4) is 11.8 Å². The van der Waals surface area contributed by atoms with Crippen molar-refractivity contribution in [2.24, 2.45) is 0 Å². The van der Waals surface area contributed by atoms with Crippen LogP contribution in [0.5, 0.6) is 5.75 Å². The van der Waals surface area contributed by atoms with Crippen LogP contribution in [0.3, 0.4) is 0 Å². The minimum absolute atomic E-state index is 0.134. The number of para-hydroxylation sites is 2. The van der Waals surface area contributed by atoms with E-state index in [9.17, 15) is 4.79 Å². The van der Waals surface area contributed by atoms with Crippen LogP contribution in [0.2, 0.25) is 0 Å². The Balaban J connectivity index is 2.08. The van der Waals surface area contributed by atoms with Crippen molar-refractivity contribution in [1.29, 1.82) is 5.26 Å². The highest BCUT2D eigenvalue weighted by molar-refractivity contribution is 5.93. The molecule has 0 aliphatic carbocycles. The van der Waals surface area contributed by atoms with E-state index in [0.717, 1.165) is 16.8 Å². The number of benzene rings is 2. The first-order valence-electron chi connectivity index (χ1n) is 7.54. The molecule has 2 rings (SSSR count). The Morgan fingerprint density at radius 1 is 1.22 bits per heavy atom. The predicted molar refractivity (Wildman–Crippen MR) is 90.5 cm³/mol. The van der Waals surface area contributed by atoms with Crippen LogP contribution < -0.4 is 10.1 Å². The van der Waals surface area contributed by atoms with Crippen LogP contribution >= 0.6 is 0 Å². The molecule has 2 aromatic rings. The molecule has 2 aromatic carbocycles. The lowest BCUT2D eigenvalue weighted by molar-refractivity contribution is -0.118. The van der Waals surface area contributed by atoms with Crippen LogP contribution in [0.25, 0.3) is 0 Å². The Morgan fingerprint density at radius 3 is 2.65 bits per heavy atom. The molecule has 0 aliphatic rings. The van der Waals surface area contributed by atoms with E-state index >= 15 is 0 Å². The number of ether oxygens (including phenoxy) is 1. The zero-order valence-electron chi connectivity index (χ0n) is 13.6. The first-order chi connectivity index (χ1) is 11.0. The van der Waals surface area contributed by atoms with Crippen molar-refractivity contribution in [3.05, 3.63) is 59.2 Å². The van der Waals surface area contributed by atoms with Crippen LogP contribution in [0, 0.1) is 18.3 Å². The molecule has 0 bridgehead atoms. The fourth-order valence-corrected chi connectivity index (χ4v) is 2.35. The maximum Gasteiger partial charge on any atom is 0.262 e. The minimum atomic E-state index is -0.242. The minimum Gasteiger partial charge on any atom is -0.482 e. The largest absolute Gasteiger partial charge is 0.482 e. The van der Waals surface area contributed by atoms with Gasteiger partial charge in [-0.15, -0.1) is 0 Å². The average Bonchev–Trinajstić information content (AvgIpc) is 2.54. The summed E-state index contributed by atoms with van der Waals surface area (Å²) in [5.41, 5.74) is 3.36. The molecule has 1 N–H and O–H groups in total. The summed E-state index contributed by atoms with van der Waals surface area (Å²) in [7, 11) is 0. The standard InChI is InChI=1S/C19H20N2O2/c1-13(2)16-9-6-7-14(3)19(16)21-18(22)12-23-17-10-5-4-8-15(17)11-20/h4-10,13H,12H2,1-3H3,(H,21,22). The van der Waals surface area contributed by atoms with Gasteiger partial charge in [-0.3, -0.25) is 4.79 Å². The average molecular weight is 308 g/mol. The summed E-state index contributed by atoms with van der Waals surface area (Å²) < 4.78 is 5.47. The normalized spacial score (nSPS) is 10.2. The molecule has 0 saturated carbocycles. The highest BCUT2D eigenvalue weighted by atomic mass is 16.5. The lowest BCUT2D eigenvalue weighted by atomic mass is 9.98. The molecule has 0 saturated heterocycles. The van der Waals surface area contributed by atoms with Gasteiger partial charge in [0.25, 0.3) is 5.91 Å². The maximum atomic E-state index is 12.2. The number of anilines is 1. The first kappa shape index (κ1) is 16.6. The Bertz CT molecular complexity index is 745. The van der Waals surface area contributed by atoms with E-state index in [4.69, 9.17) is 10.00 Å². The Labute approximate surface area is 136 Å². The van der Waals surface area contributed by atoms with E-state index in [0.29, 0.717) is 17.2 Å². The predicted octanol–water partition coefficient (Wildman–Crippen LogP) is 4.01. The van der Waals surface area contributed by atoms with E-state index in [1.165, 1.54) is 0 Å². The third-order valence-corrected chi connectivity index (χ3v) is 3.56. The van der Waals surface area contributed by atoms with Crippen molar-refractivity contribution in [2.45, 2.75) is 26.7 Å². The summed E-state index contributed by atoms with van der Waals surface area (Å²) in [5.74, 6) is 0.485. The van der Waals surface area contributed by atoms with Crippen LogP contribution in [0.4, 0.5) is 5.69 Å². The van der Waals surface area contributed by atoms with E-state index in [1.54, 1.807) is 24.3 Å². The molecule has 0 heterocycles. The summed E-state index contributed by atoms with van der Waals surface area (Å²) in [5, 5.41) is 11.9. The molecular weight excluding hydrogens is 288 g/mol. The lowest BCUT2D eigenvalue weighted by Crippen LogP contribution is -2.22. The third kappa shape index (κ3) is 4.10. The molecular formula is C19H20N2O2. The smallest absolute Gasteiger partial charge is 0.262 e. The number of amides is 1. The molecule has 4 heteroatoms. The van der Waals surface area contributed by atoms with Crippen molar-refractivity contribution in [3.63, 3.8) is 0 Å². The van der Waals surface area contributed by atoms with E-state index in [1.807, 2.05) is 31.2 Å². The van der Waals surface area contributed by atoms with Crippen LogP contribution in [0.1, 0.15) is 36.5 Å². The molecule has 0 atom stereocenters. The molecule has 0 aliphatic heterocycles. The van der Waals surface area contributed by atoms with Gasteiger partial charge < -0.3 is 10.1 Å². The number of nitrogens with one attached hydrogen (secondary N) is 1. The van der Waals surface area contributed by atoms with Crippen LogP contribution in [0.15, 0.2) is 42.5 Å². The van der Waals surface area contributed by atoms with Gasteiger partial charge in [0.15, 0.2) is 6.61 Å². The van der Waals surface area contributed by atoms with Gasteiger partial charge in [0, 0.05) is 5.69 Å². The Kier molecular flexibility index (Phi) is 5.37. The number of rotatable bonds is 5.